The van der Waals surface area contributed by atoms with Crippen molar-refractivity contribution in [3.05, 3.63) is 45.9 Å². The number of nitrogens with one attached hydrogen (secondary N) is 1. The predicted molar refractivity (Wildman–Crippen MR) is 55.8 cm³/mol. The van der Waals surface area contributed by atoms with Crippen LogP contribution in [0, 0.1) is 11.6 Å². The molecule has 1 heterocycles. The highest BCUT2D eigenvalue weighted by Crippen LogP contribution is 2.19. The van der Waals surface area contributed by atoms with Gasteiger partial charge in [0.25, 0.3) is 5.56 Å². The molecule has 1 N–H and O–H groups in total. The Kier molecular flexibility index (Phi) is 2.63. The highest BCUT2D eigenvalue weighted by atomic mass is 19.2. The van der Waals surface area contributed by atoms with E-state index in [-0.39, 0.29) is 16.3 Å². The number of halogens is 2. The highest BCUT2D eigenvalue weighted by Gasteiger charge is 2.15. The number of esters is 1. The molecule has 0 saturated carbocycles. The molecular formula is C11H7F2NO3. The molecule has 0 aliphatic heterocycles. The summed E-state index contributed by atoms with van der Waals surface area (Å²) in [5.74, 6) is -3.02. The molecule has 1 aromatic carbocycles. The van der Waals surface area contributed by atoms with E-state index in [1.807, 2.05) is 0 Å². The molecule has 0 unspecified atom stereocenters. The van der Waals surface area contributed by atoms with Crippen molar-refractivity contribution in [2.75, 3.05) is 7.11 Å². The van der Waals surface area contributed by atoms with Gasteiger partial charge in [-0.05, 0) is 12.1 Å². The number of hydrogen-bond donors (Lipinski definition) is 1. The SMILES string of the molecule is COC(=O)c1c[nH]c(=O)c2cc(F)c(F)cc12. The third-order valence-electron chi connectivity index (χ3n) is 2.35. The average Bonchev–Trinajstić information content (AvgIpc) is 2.31. The number of methoxy groups -OCH3 is 1. The normalized spacial score (nSPS) is 10.5. The molecule has 1 aromatic heterocycles. The van der Waals surface area contributed by atoms with Crippen LogP contribution in [0.25, 0.3) is 10.8 Å². The fourth-order valence-corrected chi connectivity index (χ4v) is 1.53. The Labute approximate surface area is 93.8 Å². The Hall–Kier alpha value is -2.24. The second-order valence-electron chi connectivity index (χ2n) is 3.33. The van der Waals surface area contributed by atoms with Gasteiger partial charge in [0.15, 0.2) is 11.6 Å². The van der Waals surface area contributed by atoms with Gasteiger partial charge >= 0.3 is 5.97 Å². The number of rotatable bonds is 1. The van der Waals surface area contributed by atoms with Crippen LogP contribution in [0.15, 0.2) is 23.1 Å². The molecule has 0 aliphatic carbocycles. The van der Waals surface area contributed by atoms with E-state index >= 15 is 0 Å². The van der Waals surface area contributed by atoms with E-state index in [9.17, 15) is 18.4 Å². The number of carbonyl (C=O) groups is 1. The maximum atomic E-state index is 13.1. The van der Waals surface area contributed by atoms with Crippen LogP contribution in [0.2, 0.25) is 0 Å². The minimum Gasteiger partial charge on any atom is -0.465 e. The van der Waals surface area contributed by atoms with Gasteiger partial charge in [-0.3, -0.25) is 4.79 Å². The summed E-state index contributed by atoms with van der Waals surface area (Å²) in [5, 5.41) is -0.0914. The number of aromatic amines is 1. The van der Waals surface area contributed by atoms with E-state index in [2.05, 4.69) is 9.72 Å². The lowest BCUT2D eigenvalue weighted by Gasteiger charge is -2.04. The van der Waals surface area contributed by atoms with E-state index in [1.165, 1.54) is 0 Å². The number of ether oxygens (including phenoxy) is 1. The zero-order valence-corrected chi connectivity index (χ0v) is 8.71. The Morgan fingerprint density at radius 3 is 2.41 bits per heavy atom. The first kappa shape index (κ1) is 11.3. The highest BCUT2D eigenvalue weighted by molar-refractivity contribution is 6.03. The van der Waals surface area contributed by atoms with Crippen LogP contribution in [0.3, 0.4) is 0 Å². The number of H-pyrrole nitrogens is 1. The largest absolute Gasteiger partial charge is 0.465 e. The van der Waals surface area contributed by atoms with Crippen LogP contribution >= 0.6 is 0 Å². The summed E-state index contributed by atoms with van der Waals surface area (Å²) in [7, 11) is 1.15. The average molecular weight is 239 g/mol. The predicted octanol–water partition coefficient (Wildman–Crippen LogP) is 1.59. The molecule has 0 radical (unpaired) electrons. The minimum atomic E-state index is -1.15. The number of benzene rings is 1. The lowest BCUT2D eigenvalue weighted by atomic mass is 10.1. The Bertz CT molecular complexity index is 664. The Balaban J connectivity index is 2.89. The van der Waals surface area contributed by atoms with Crippen LogP contribution in [0.5, 0.6) is 0 Å². The van der Waals surface area contributed by atoms with Crippen LogP contribution < -0.4 is 5.56 Å². The van der Waals surface area contributed by atoms with Gasteiger partial charge in [0, 0.05) is 11.6 Å². The Morgan fingerprint density at radius 1 is 1.24 bits per heavy atom. The fourth-order valence-electron chi connectivity index (χ4n) is 1.53. The first-order valence-electron chi connectivity index (χ1n) is 4.63. The molecule has 0 bridgehead atoms. The molecule has 0 atom stereocenters. The zero-order chi connectivity index (χ0) is 12.6. The first-order valence-corrected chi connectivity index (χ1v) is 4.63. The lowest BCUT2D eigenvalue weighted by Crippen LogP contribution is -2.12. The number of pyridine rings is 1. The molecule has 88 valence electrons. The molecule has 0 spiro atoms. The zero-order valence-electron chi connectivity index (χ0n) is 8.71. The van der Waals surface area contributed by atoms with Crippen molar-refractivity contribution < 1.29 is 18.3 Å². The summed E-state index contributed by atoms with van der Waals surface area (Å²) >= 11 is 0. The van der Waals surface area contributed by atoms with Crippen molar-refractivity contribution in [1.29, 1.82) is 0 Å². The topological polar surface area (TPSA) is 59.2 Å². The minimum absolute atomic E-state index is 0.0134. The first-order chi connectivity index (χ1) is 8.04. The van der Waals surface area contributed by atoms with Crippen LogP contribution in [0.1, 0.15) is 10.4 Å². The van der Waals surface area contributed by atoms with Crippen molar-refractivity contribution >= 4 is 16.7 Å². The van der Waals surface area contributed by atoms with Gasteiger partial charge < -0.3 is 9.72 Å². The molecule has 17 heavy (non-hydrogen) atoms. The van der Waals surface area contributed by atoms with Crippen molar-refractivity contribution in [2.45, 2.75) is 0 Å². The van der Waals surface area contributed by atoms with E-state index in [1.54, 1.807) is 0 Å². The van der Waals surface area contributed by atoms with Crippen LogP contribution in [0.4, 0.5) is 8.78 Å². The number of fused-ring (bicyclic) bond motifs is 1. The summed E-state index contributed by atoms with van der Waals surface area (Å²) in [4.78, 5) is 25.0. The summed E-state index contributed by atoms with van der Waals surface area (Å²) < 4.78 is 30.6. The van der Waals surface area contributed by atoms with Gasteiger partial charge in [0.2, 0.25) is 0 Å². The second-order valence-corrected chi connectivity index (χ2v) is 3.33. The van der Waals surface area contributed by atoms with Crippen molar-refractivity contribution in [3.63, 3.8) is 0 Å². The van der Waals surface area contributed by atoms with Crippen LogP contribution in [-0.4, -0.2) is 18.1 Å². The number of aromatic nitrogens is 1. The summed E-state index contributed by atoms with van der Waals surface area (Å²) in [6.45, 7) is 0. The second kappa shape index (κ2) is 3.97. The Morgan fingerprint density at radius 2 is 1.82 bits per heavy atom. The smallest absolute Gasteiger partial charge is 0.339 e. The molecule has 4 nitrogen and oxygen atoms in total. The molecule has 0 fully saturated rings. The van der Waals surface area contributed by atoms with E-state index in [4.69, 9.17) is 0 Å². The van der Waals surface area contributed by atoms with E-state index < -0.39 is 23.2 Å². The number of carbonyl (C=O) groups excluding carboxylic acids is 1. The molecule has 6 heteroatoms. The summed E-state index contributed by atoms with van der Waals surface area (Å²) in [6.07, 6.45) is 1.11. The van der Waals surface area contributed by atoms with Gasteiger partial charge in [0.05, 0.1) is 18.1 Å². The van der Waals surface area contributed by atoms with Gasteiger partial charge in [0.1, 0.15) is 0 Å². The number of hydrogen-bond acceptors (Lipinski definition) is 3. The fraction of sp³-hybridized carbons (Fsp3) is 0.0909. The molecule has 2 aromatic rings. The van der Waals surface area contributed by atoms with Crippen molar-refractivity contribution in [1.82, 2.24) is 4.98 Å². The molecule has 2 rings (SSSR count). The van der Waals surface area contributed by atoms with Crippen molar-refractivity contribution in [2.24, 2.45) is 0 Å². The van der Waals surface area contributed by atoms with Gasteiger partial charge in [-0.15, -0.1) is 0 Å². The van der Waals surface area contributed by atoms with Gasteiger partial charge in [-0.2, -0.15) is 0 Å². The van der Waals surface area contributed by atoms with Crippen LogP contribution in [-0.2, 0) is 4.74 Å². The monoisotopic (exact) mass is 239 g/mol. The lowest BCUT2D eigenvalue weighted by molar-refractivity contribution is 0.0602. The van der Waals surface area contributed by atoms with E-state index in [0.29, 0.717) is 0 Å². The third-order valence-corrected chi connectivity index (χ3v) is 2.35. The third kappa shape index (κ3) is 1.77. The summed E-state index contributed by atoms with van der Waals surface area (Å²) in [5.41, 5.74) is -0.632. The quantitative estimate of drug-likeness (QED) is 0.769. The van der Waals surface area contributed by atoms with Crippen molar-refractivity contribution in [3.8, 4) is 0 Å². The van der Waals surface area contributed by atoms with Gasteiger partial charge in [-0.1, -0.05) is 0 Å². The van der Waals surface area contributed by atoms with Gasteiger partial charge in [-0.25, -0.2) is 13.6 Å². The standard InChI is InChI=1S/C11H7F2NO3/c1-17-11(16)7-4-14-10(15)6-3-9(13)8(12)2-5(6)7/h2-4H,1H3,(H,14,15). The molecule has 0 amide bonds. The molecular weight excluding hydrogens is 232 g/mol. The van der Waals surface area contributed by atoms with E-state index in [0.717, 1.165) is 25.4 Å². The maximum Gasteiger partial charge on any atom is 0.339 e. The summed E-state index contributed by atoms with van der Waals surface area (Å²) in [6, 6.07) is 1.54. The molecule has 0 aliphatic rings. The maximum absolute atomic E-state index is 13.1. The molecule has 0 saturated heterocycles.